The van der Waals surface area contributed by atoms with Crippen molar-refractivity contribution >= 4 is 27.6 Å². The van der Waals surface area contributed by atoms with Crippen LogP contribution in [0.4, 0.5) is 23.7 Å². The molecule has 0 aliphatic heterocycles. The highest BCUT2D eigenvalue weighted by molar-refractivity contribution is 9.10. The SMILES string of the molecule is Cc1cc(C(C)(O)CNC(=O)Nc2cc(C(F)(F)F)ccc2Br)c(C)o1. The van der Waals surface area contributed by atoms with E-state index in [0.717, 1.165) is 12.1 Å². The number of alkyl halides is 3. The van der Waals surface area contributed by atoms with Gasteiger partial charge in [-0.05, 0) is 61.0 Å². The lowest BCUT2D eigenvalue weighted by Gasteiger charge is -2.23. The van der Waals surface area contributed by atoms with Gasteiger partial charge in [-0.2, -0.15) is 13.2 Å². The Kier molecular flexibility index (Phi) is 5.72. The molecule has 1 aromatic carbocycles. The normalized spacial score (nSPS) is 14.0. The summed E-state index contributed by atoms with van der Waals surface area (Å²) >= 11 is 3.09. The van der Waals surface area contributed by atoms with Crippen molar-refractivity contribution in [2.45, 2.75) is 32.5 Å². The molecule has 1 atom stereocenters. The number of urea groups is 1. The number of hydrogen-bond donors (Lipinski definition) is 3. The quantitative estimate of drug-likeness (QED) is 0.652. The van der Waals surface area contributed by atoms with Crippen molar-refractivity contribution in [1.29, 1.82) is 0 Å². The molecular weight excluding hydrogens is 417 g/mol. The van der Waals surface area contributed by atoms with Crippen LogP contribution in [0.3, 0.4) is 0 Å². The highest BCUT2D eigenvalue weighted by Crippen LogP contribution is 2.34. The Bertz CT molecular complexity index is 816. The Hall–Kier alpha value is -2.00. The van der Waals surface area contributed by atoms with E-state index in [4.69, 9.17) is 4.42 Å². The van der Waals surface area contributed by atoms with Crippen molar-refractivity contribution in [2.24, 2.45) is 0 Å². The molecule has 2 aromatic rings. The fourth-order valence-electron chi connectivity index (χ4n) is 2.48. The van der Waals surface area contributed by atoms with E-state index in [9.17, 15) is 23.1 Å². The van der Waals surface area contributed by atoms with E-state index >= 15 is 0 Å². The molecule has 0 radical (unpaired) electrons. The third-order valence-corrected chi connectivity index (χ3v) is 4.45. The van der Waals surface area contributed by atoms with Gasteiger partial charge in [0.1, 0.15) is 17.1 Å². The van der Waals surface area contributed by atoms with E-state index in [2.05, 4.69) is 26.6 Å². The van der Waals surface area contributed by atoms with Crippen molar-refractivity contribution in [2.75, 3.05) is 11.9 Å². The molecule has 1 unspecified atom stereocenters. The second-order valence-electron chi connectivity index (χ2n) is 6.10. The van der Waals surface area contributed by atoms with Crippen LogP contribution in [0, 0.1) is 13.8 Å². The predicted molar refractivity (Wildman–Crippen MR) is 93.9 cm³/mol. The first kappa shape index (κ1) is 20.3. The van der Waals surface area contributed by atoms with Gasteiger partial charge >= 0.3 is 12.2 Å². The number of halogens is 4. The second kappa shape index (κ2) is 7.32. The first-order valence-corrected chi connectivity index (χ1v) is 8.41. The van der Waals surface area contributed by atoms with Crippen LogP contribution in [-0.2, 0) is 11.8 Å². The second-order valence-corrected chi connectivity index (χ2v) is 6.96. The molecule has 0 aliphatic rings. The maximum Gasteiger partial charge on any atom is 0.416 e. The van der Waals surface area contributed by atoms with E-state index in [1.807, 2.05) is 0 Å². The smallest absolute Gasteiger partial charge is 0.416 e. The van der Waals surface area contributed by atoms with Gasteiger partial charge in [-0.15, -0.1) is 0 Å². The average molecular weight is 435 g/mol. The standard InChI is InChI=1S/C17H18BrF3N2O3/c1-9-6-12(10(2)26-9)16(3,25)8-22-15(24)23-14-7-11(17(19,20)21)4-5-13(14)18/h4-7,25H,8H2,1-3H3,(H2,22,23,24). The fourth-order valence-corrected chi connectivity index (χ4v) is 2.82. The summed E-state index contributed by atoms with van der Waals surface area (Å²) in [5.41, 5.74) is -1.79. The Balaban J connectivity index is 2.06. The molecule has 0 aliphatic carbocycles. The summed E-state index contributed by atoms with van der Waals surface area (Å²) in [5, 5.41) is 15.3. The van der Waals surface area contributed by atoms with Crippen molar-refractivity contribution < 1.29 is 27.5 Å². The number of benzene rings is 1. The van der Waals surface area contributed by atoms with E-state index in [1.165, 1.54) is 13.0 Å². The summed E-state index contributed by atoms with van der Waals surface area (Å²) in [7, 11) is 0. The number of aryl methyl sites for hydroxylation is 2. The third kappa shape index (κ3) is 4.79. The van der Waals surface area contributed by atoms with E-state index < -0.39 is 23.4 Å². The Morgan fingerprint density at radius 3 is 2.46 bits per heavy atom. The van der Waals surface area contributed by atoms with Gasteiger partial charge in [0.25, 0.3) is 0 Å². The number of carbonyl (C=O) groups excluding carboxylic acids is 1. The number of furan rings is 1. The fraction of sp³-hybridized carbons (Fsp3) is 0.353. The Labute approximate surface area is 156 Å². The number of nitrogens with one attached hydrogen (secondary N) is 2. The minimum Gasteiger partial charge on any atom is -0.466 e. The molecule has 2 amide bonds. The molecular formula is C17H18BrF3N2O3. The van der Waals surface area contributed by atoms with Gasteiger partial charge in [-0.3, -0.25) is 0 Å². The Morgan fingerprint density at radius 2 is 1.92 bits per heavy atom. The molecule has 1 heterocycles. The zero-order chi connectivity index (χ0) is 19.7. The van der Waals surface area contributed by atoms with Crippen molar-refractivity contribution in [3.8, 4) is 0 Å². The van der Waals surface area contributed by atoms with Gasteiger partial charge in [0.15, 0.2) is 0 Å². The maximum absolute atomic E-state index is 12.8. The number of amides is 2. The van der Waals surface area contributed by atoms with Gasteiger partial charge in [-0.25, -0.2) is 4.79 Å². The van der Waals surface area contributed by atoms with Crippen LogP contribution < -0.4 is 10.6 Å². The average Bonchev–Trinajstić information content (AvgIpc) is 2.86. The van der Waals surface area contributed by atoms with Gasteiger partial charge in [0, 0.05) is 10.0 Å². The first-order valence-electron chi connectivity index (χ1n) is 7.61. The molecule has 0 saturated carbocycles. The number of aliphatic hydroxyl groups is 1. The topological polar surface area (TPSA) is 74.5 Å². The number of carbonyl (C=O) groups is 1. The van der Waals surface area contributed by atoms with Crippen molar-refractivity contribution in [1.82, 2.24) is 5.32 Å². The summed E-state index contributed by atoms with van der Waals surface area (Å²) in [6.45, 7) is 4.77. The number of rotatable bonds is 4. The molecule has 0 fully saturated rings. The molecule has 2 rings (SSSR count). The first-order chi connectivity index (χ1) is 11.9. The highest BCUT2D eigenvalue weighted by Gasteiger charge is 2.31. The maximum atomic E-state index is 12.8. The molecule has 0 spiro atoms. The van der Waals surface area contributed by atoms with Crippen LogP contribution in [0.1, 0.15) is 29.6 Å². The lowest BCUT2D eigenvalue weighted by Crippen LogP contribution is -2.40. The van der Waals surface area contributed by atoms with E-state index in [-0.39, 0.29) is 12.2 Å². The van der Waals surface area contributed by atoms with E-state index in [1.54, 1.807) is 19.9 Å². The molecule has 9 heteroatoms. The number of anilines is 1. The summed E-state index contributed by atoms with van der Waals surface area (Å²) in [5.74, 6) is 1.14. The summed E-state index contributed by atoms with van der Waals surface area (Å²) in [6.07, 6.45) is -4.52. The molecule has 5 nitrogen and oxygen atoms in total. The van der Waals surface area contributed by atoms with Crippen molar-refractivity contribution in [3.63, 3.8) is 0 Å². The molecule has 1 aromatic heterocycles. The zero-order valence-electron chi connectivity index (χ0n) is 14.3. The van der Waals surface area contributed by atoms with Crippen LogP contribution in [0.15, 0.2) is 33.2 Å². The lowest BCUT2D eigenvalue weighted by molar-refractivity contribution is -0.137. The van der Waals surface area contributed by atoms with Crippen LogP contribution in [0.5, 0.6) is 0 Å². The lowest BCUT2D eigenvalue weighted by atomic mass is 9.96. The zero-order valence-corrected chi connectivity index (χ0v) is 15.9. The predicted octanol–water partition coefficient (Wildman–Crippen LogP) is 4.71. The van der Waals surface area contributed by atoms with Gasteiger partial charge < -0.3 is 20.2 Å². The molecule has 0 bridgehead atoms. The molecule has 142 valence electrons. The van der Waals surface area contributed by atoms with Crippen LogP contribution in [-0.4, -0.2) is 17.7 Å². The van der Waals surface area contributed by atoms with Gasteiger partial charge in [0.2, 0.25) is 0 Å². The van der Waals surface area contributed by atoms with Crippen molar-refractivity contribution in [3.05, 3.63) is 51.4 Å². The summed E-state index contributed by atoms with van der Waals surface area (Å²) in [4.78, 5) is 12.0. The van der Waals surface area contributed by atoms with Gasteiger partial charge in [-0.1, -0.05) is 0 Å². The number of hydrogen-bond acceptors (Lipinski definition) is 3. The molecule has 0 saturated heterocycles. The molecule has 26 heavy (non-hydrogen) atoms. The minimum absolute atomic E-state index is 0.0349. The summed E-state index contributed by atoms with van der Waals surface area (Å²) in [6, 6.07) is 3.85. The van der Waals surface area contributed by atoms with Crippen LogP contribution in [0.25, 0.3) is 0 Å². The minimum atomic E-state index is -4.52. The largest absolute Gasteiger partial charge is 0.466 e. The monoisotopic (exact) mass is 434 g/mol. The summed E-state index contributed by atoms with van der Waals surface area (Å²) < 4.78 is 44.0. The van der Waals surface area contributed by atoms with Crippen LogP contribution in [0.2, 0.25) is 0 Å². The highest BCUT2D eigenvalue weighted by atomic mass is 79.9. The van der Waals surface area contributed by atoms with Gasteiger partial charge in [0.05, 0.1) is 17.8 Å². The van der Waals surface area contributed by atoms with E-state index in [0.29, 0.717) is 21.6 Å². The van der Waals surface area contributed by atoms with Crippen LogP contribution >= 0.6 is 15.9 Å². The Morgan fingerprint density at radius 1 is 1.27 bits per heavy atom. The molecule has 3 N–H and O–H groups in total. The third-order valence-electron chi connectivity index (χ3n) is 3.76.